The van der Waals surface area contributed by atoms with Gasteiger partial charge in [0.05, 0.1) is 7.14 Å². The average molecular weight is 390 g/mol. The molecule has 0 bridgehead atoms. The number of aromatic hydroxyl groups is 2. The third-order valence-electron chi connectivity index (χ3n) is 1.78. The fourth-order valence-electron chi connectivity index (χ4n) is 0.893. The van der Waals surface area contributed by atoms with E-state index >= 15 is 0 Å². The summed E-state index contributed by atoms with van der Waals surface area (Å²) in [5.74, 6) is 0.372. The Morgan fingerprint density at radius 2 is 1.17 bits per heavy atom. The zero-order valence-corrected chi connectivity index (χ0v) is 11.0. The van der Waals surface area contributed by atoms with Gasteiger partial charge in [-0.05, 0) is 64.6 Å². The van der Waals surface area contributed by atoms with Crippen molar-refractivity contribution in [2.24, 2.45) is 0 Å². The van der Waals surface area contributed by atoms with Crippen molar-refractivity contribution in [3.8, 4) is 11.5 Å². The largest absolute Gasteiger partial charge is 0.506 e. The molecule has 0 saturated heterocycles. The normalized spacial score (nSPS) is 10.3. The van der Waals surface area contributed by atoms with Crippen molar-refractivity contribution in [2.75, 3.05) is 0 Å². The predicted molar refractivity (Wildman–Crippen MR) is 64.7 cm³/mol. The molecule has 0 saturated carbocycles. The summed E-state index contributed by atoms with van der Waals surface area (Å²) in [6, 6.07) is 0. The first kappa shape index (κ1) is 10.4. The van der Waals surface area contributed by atoms with Crippen LogP contribution in [0, 0.1) is 21.0 Å². The van der Waals surface area contributed by atoms with Gasteiger partial charge in [0.2, 0.25) is 0 Å². The highest BCUT2D eigenvalue weighted by atomic mass is 127. The highest BCUT2D eigenvalue weighted by molar-refractivity contribution is 14.1. The average Bonchev–Trinajstić information content (AvgIpc) is 2.08. The molecule has 2 N–H and O–H groups in total. The highest BCUT2D eigenvalue weighted by Crippen LogP contribution is 2.37. The summed E-state index contributed by atoms with van der Waals surface area (Å²) < 4.78 is 1.62. The second-order valence-electron chi connectivity index (χ2n) is 2.58. The van der Waals surface area contributed by atoms with E-state index in [1.54, 1.807) is 6.92 Å². The third-order valence-corrected chi connectivity index (χ3v) is 4.42. The van der Waals surface area contributed by atoms with Gasteiger partial charge in [0.15, 0.2) is 0 Å². The van der Waals surface area contributed by atoms with Crippen LogP contribution in [-0.2, 0) is 0 Å². The fourth-order valence-corrected chi connectivity index (χ4v) is 2.76. The van der Waals surface area contributed by atoms with Crippen LogP contribution >= 0.6 is 45.2 Å². The van der Waals surface area contributed by atoms with Crippen LogP contribution in [0.5, 0.6) is 11.5 Å². The molecule has 2 nitrogen and oxygen atoms in total. The summed E-state index contributed by atoms with van der Waals surface area (Å²) >= 11 is 4.14. The molecule has 0 radical (unpaired) electrons. The molecule has 0 aliphatic heterocycles. The molecule has 0 aliphatic rings. The smallest absolute Gasteiger partial charge is 0.135 e. The maximum atomic E-state index is 9.52. The molecule has 1 rings (SSSR count). The molecular weight excluding hydrogens is 382 g/mol. The van der Waals surface area contributed by atoms with Crippen molar-refractivity contribution in [1.82, 2.24) is 0 Å². The van der Waals surface area contributed by atoms with Gasteiger partial charge in [0, 0.05) is 5.56 Å². The Balaban J connectivity index is 3.60. The Bertz CT molecular complexity index is 229. The third kappa shape index (κ3) is 1.50. The van der Waals surface area contributed by atoms with Crippen molar-refractivity contribution < 1.29 is 10.2 Å². The molecule has 0 aromatic heterocycles. The lowest BCUT2D eigenvalue weighted by Crippen LogP contribution is -1.91. The molecular formula is C8H8I2O2. The van der Waals surface area contributed by atoms with Gasteiger partial charge in [-0.3, -0.25) is 0 Å². The summed E-state index contributed by atoms with van der Waals surface area (Å²) in [6.07, 6.45) is 0. The van der Waals surface area contributed by atoms with Crippen LogP contribution in [0.2, 0.25) is 0 Å². The zero-order valence-electron chi connectivity index (χ0n) is 6.65. The first-order valence-corrected chi connectivity index (χ1v) is 5.48. The number of benzene rings is 1. The van der Waals surface area contributed by atoms with E-state index in [-0.39, 0.29) is 11.5 Å². The maximum Gasteiger partial charge on any atom is 0.135 e. The van der Waals surface area contributed by atoms with Crippen molar-refractivity contribution >= 4 is 45.2 Å². The van der Waals surface area contributed by atoms with Gasteiger partial charge in [-0.15, -0.1) is 0 Å². The Kier molecular flexibility index (Phi) is 3.08. The SMILES string of the molecule is Cc1c(O)c(I)c(C)c(I)c1O. The molecule has 4 heteroatoms. The lowest BCUT2D eigenvalue weighted by atomic mass is 10.1. The van der Waals surface area contributed by atoms with E-state index in [2.05, 4.69) is 45.2 Å². The Morgan fingerprint density at radius 3 is 1.50 bits per heavy atom. The molecule has 0 atom stereocenters. The van der Waals surface area contributed by atoms with Crippen LogP contribution in [0.4, 0.5) is 0 Å². The Labute approximate surface area is 98.3 Å². The molecule has 66 valence electrons. The Hall–Kier alpha value is 0.280. The molecule has 0 heterocycles. The first-order chi connectivity index (χ1) is 5.46. The summed E-state index contributed by atoms with van der Waals surface area (Å²) in [5.41, 5.74) is 1.48. The van der Waals surface area contributed by atoms with Gasteiger partial charge < -0.3 is 10.2 Å². The van der Waals surface area contributed by atoms with Crippen LogP contribution in [-0.4, -0.2) is 10.2 Å². The molecule has 0 fully saturated rings. The van der Waals surface area contributed by atoms with Gasteiger partial charge >= 0.3 is 0 Å². The van der Waals surface area contributed by atoms with E-state index in [0.29, 0.717) is 5.56 Å². The lowest BCUT2D eigenvalue weighted by Gasteiger charge is -2.10. The van der Waals surface area contributed by atoms with Gasteiger partial charge in [0.25, 0.3) is 0 Å². The first-order valence-electron chi connectivity index (χ1n) is 3.33. The molecule has 0 spiro atoms. The minimum atomic E-state index is 0.186. The van der Waals surface area contributed by atoms with Gasteiger partial charge in [-0.1, -0.05) is 0 Å². The molecule has 0 unspecified atom stereocenters. The van der Waals surface area contributed by atoms with E-state index in [0.717, 1.165) is 12.7 Å². The van der Waals surface area contributed by atoms with Gasteiger partial charge in [-0.25, -0.2) is 0 Å². The van der Waals surface area contributed by atoms with Crippen LogP contribution in [0.3, 0.4) is 0 Å². The second-order valence-corrected chi connectivity index (χ2v) is 4.73. The minimum Gasteiger partial charge on any atom is -0.506 e. The van der Waals surface area contributed by atoms with E-state index in [1.165, 1.54) is 0 Å². The molecule has 0 aliphatic carbocycles. The van der Waals surface area contributed by atoms with Crippen LogP contribution in [0.15, 0.2) is 0 Å². The number of phenols is 2. The topological polar surface area (TPSA) is 40.5 Å². The van der Waals surface area contributed by atoms with Crippen molar-refractivity contribution in [1.29, 1.82) is 0 Å². The van der Waals surface area contributed by atoms with Crippen LogP contribution < -0.4 is 0 Å². The zero-order chi connectivity index (χ0) is 9.46. The summed E-state index contributed by atoms with van der Waals surface area (Å²) in [7, 11) is 0. The van der Waals surface area contributed by atoms with E-state index < -0.39 is 0 Å². The quantitative estimate of drug-likeness (QED) is 0.670. The van der Waals surface area contributed by atoms with Crippen LogP contribution in [0.1, 0.15) is 11.1 Å². The second kappa shape index (κ2) is 3.57. The number of hydrogen-bond donors (Lipinski definition) is 2. The number of rotatable bonds is 0. The molecule has 1 aromatic rings. The number of halogens is 2. The summed E-state index contributed by atoms with van der Waals surface area (Å²) in [4.78, 5) is 0. The predicted octanol–water partition coefficient (Wildman–Crippen LogP) is 2.92. The molecule has 0 amide bonds. The minimum absolute atomic E-state index is 0.186. The van der Waals surface area contributed by atoms with Gasteiger partial charge in [0.1, 0.15) is 11.5 Å². The van der Waals surface area contributed by atoms with E-state index in [4.69, 9.17) is 0 Å². The van der Waals surface area contributed by atoms with E-state index in [9.17, 15) is 10.2 Å². The maximum absolute atomic E-state index is 9.52. The number of phenolic OH excluding ortho intramolecular Hbond substituents is 2. The van der Waals surface area contributed by atoms with Crippen molar-refractivity contribution in [2.45, 2.75) is 13.8 Å². The monoisotopic (exact) mass is 390 g/mol. The van der Waals surface area contributed by atoms with Crippen molar-refractivity contribution in [3.05, 3.63) is 18.3 Å². The lowest BCUT2D eigenvalue weighted by molar-refractivity contribution is 0.437. The van der Waals surface area contributed by atoms with Crippen LogP contribution in [0.25, 0.3) is 0 Å². The standard InChI is InChI=1S/C8H8I2O2/c1-3-5(9)7(11)4(2)8(12)6(3)10/h11-12H,1-2H3. The summed E-state index contributed by atoms with van der Waals surface area (Å²) in [6.45, 7) is 3.58. The highest BCUT2D eigenvalue weighted by Gasteiger charge is 2.14. The fraction of sp³-hybridized carbons (Fsp3) is 0.250. The van der Waals surface area contributed by atoms with Crippen molar-refractivity contribution in [3.63, 3.8) is 0 Å². The number of hydrogen-bond acceptors (Lipinski definition) is 2. The Morgan fingerprint density at radius 1 is 0.833 bits per heavy atom. The molecule has 1 aromatic carbocycles. The summed E-state index contributed by atoms with van der Waals surface area (Å²) in [5, 5.41) is 19.0. The van der Waals surface area contributed by atoms with Gasteiger partial charge in [-0.2, -0.15) is 0 Å². The molecule has 12 heavy (non-hydrogen) atoms. The van der Waals surface area contributed by atoms with E-state index in [1.807, 2.05) is 6.92 Å².